The molecule has 0 aliphatic rings. The average molecular weight is 254 g/mol. The molecule has 0 fully saturated rings. The predicted octanol–water partition coefficient (Wildman–Crippen LogP) is 2.21. The van der Waals surface area contributed by atoms with Gasteiger partial charge in [-0.3, -0.25) is 5.84 Å². The smallest absolute Gasteiger partial charge is 0.161 e. The number of anilines is 1. The lowest BCUT2D eigenvalue weighted by Crippen LogP contribution is -2.07. The van der Waals surface area contributed by atoms with Crippen LogP contribution in [-0.4, -0.2) is 7.11 Å². The number of methoxy groups -OCH3 is 1. The SMILES string of the molecule is Br.COc1c(Cl)cccc1NN. The Labute approximate surface area is 86.6 Å². The third-order valence-electron chi connectivity index (χ3n) is 1.33. The lowest BCUT2D eigenvalue weighted by molar-refractivity contribution is 0.416. The van der Waals surface area contributed by atoms with Gasteiger partial charge in [-0.15, -0.1) is 17.0 Å². The molecular formula is C7H10BrClN2O. The van der Waals surface area contributed by atoms with E-state index in [2.05, 4.69) is 5.43 Å². The van der Waals surface area contributed by atoms with Crippen molar-refractivity contribution < 1.29 is 4.74 Å². The molecule has 3 nitrogen and oxygen atoms in total. The molecule has 68 valence electrons. The Morgan fingerprint density at radius 1 is 1.50 bits per heavy atom. The fraction of sp³-hybridized carbons (Fsp3) is 0.143. The van der Waals surface area contributed by atoms with Crippen LogP contribution in [0.5, 0.6) is 5.75 Å². The summed E-state index contributed by atoms with van der Waals surface area (Å²) in [5, 5.41) is 0.544. The van der Waals surface area contributed by atoms with E-state index in [1.54, 1.807) is 25.3 Å². The zero-order valence-corrected chi connectivity index (χ0v) is 8.97. The van der Waals surface area contributed by atoms with E-state index in [0.717, 1.165) is 0 Å². The van der Waals surface area contributed by atoms with Crippen molar-refractivity contribution in [3.05, 3.63) is 23.2 Å². The first-order chi connectivity index (χ1) is 5.29. The van der Waals surface area contributed by atoms with Gasteiger partial charge in [-0.25, -0.2) is 0 Å². The fourth-order valence-corrected chi connectivity index (χ4v) is 1.08. The molecule has 0 aromatic heterocycles. The molecule has 0 unspecified atom stereocenters. The standard InChI is InChI=1S/C7H9ClN2O.BrH/c1-11-7-5(8)3-2-4-6(7)10-9;/h2-4,10H,9H2,1H3;1H. The number of hydrazine groups is 1. The Morgan fingerprint density at radius 2 is 2.17 bits per heavy atom. The second-order valence-electron chi connectivity index (χ2n) is 1.96. The van der Waals surface area contributed by atoms with Gasteiger partial charge in [-0.1, -0.05) is 17.7 Å². The van der Waals surface area contributed by atoms with E-state index in [4.69, 9.17) is 22.2 Å². The van der Waals surface area contributed by atoms with Crippen molar-refractivity contribution in [3.63, 3.8) is 0 Å². The zero-order valence-electron chi connectivity index (χ0n) is 6.50. The maximum atomic E-state index is 5.79. The molecule has 1 aromatic rings. The first kappa shape index (κ1) is 11.6. The predicted molar refractivity (Wildman–Crippen MR) is 56.1 cm³/mol. The largest absolute Gasteiger partial charge is 0.493 e. The summed E-state index contributed by atoms with van der Waals surface area (Å²) >= 11 is 5.79. The fourth-order valence-electron chi connectivity index (χ4n) is 0.830. The van der Waals surface area contributed by atoms with Gasteiger partial charge in [0.15, 0.2) is 5.75 Å². The minimum atomic E-state index is 0. The van der Waals surface area contributed by atoms with Crippen LogP contribution < -0.4 is 16.0 Å². The Morgan fingerprint density at radius 3 is 2.58 bits per heavy atom. The summed E-state index contributed by atoms with van der Waals surface area (Å²) in [5.41, 5.74) is 3.16. The van der Waals surface area contributed by atoms with Gasteiger partial charge in [-0.2, -0.15) is 0 Å². The van der Waals surface area contributed by atoms with Crippen LogP contribution in [0.4, 0.5) is 5.69 Å². The third-order valence-corrected chi connectivity index (χ3v) is 1.62. The molecule has 5 heteroatoms. The summed E-state index contributed by atoms with van der Waals surface area (Å²) in [6.07, 6.45) is 0. The van der Waals surface area contributed by atoms with Crippen molar-refractivity contribution in [2.45, 2.75) is 0 Å². The number of nitrogens with one attached hydrogen (secondary N) is 1. The summed E-state index contributed by atoms with van der Waals surface area (Å²) in [5.74, 6) is 5.77. The Balaban J connectivity index is 0.00000121. The van der Waals surface area contributed by atoms with Crippen molar-refractivity contribution in [2.75, 3.05) is 12.5 Å². The van der Waals surface area contributed by atoms with Crippen LogP contribution in [0.3, 0.4) is 0 Å². The number of ether oxygens (including phenoxy) is 1. The Kier molecular flexibility index (Phi) is 5.04. The molecule has 3 N–H and O–H groups in total. The summed E-state index contributed by atoms with van der Waals surface area (Å²) in [6, 6.07) is 5.31. The van der Waals surface area contributed by atoms with Gasteiger partial charge >= 0.3 is 0 Å². The molecule has 0 aliphatic carbocycles. The van der Waals surface area contributed by atoms with Crippen LogP contribution in [0.25, 0.3) is 0 Å². The quantitative estimate of drug-likeness (QED) is 0.627. The van der Waals surface area contributed by atoms with E-state index < -0.39 is 0 Å². The van der Waals surface area contributed by atoms with Gasteiger partial charge in [0.05, 0.1) is 17.8 Å². The molecule has 12 heavy (non-hydrogen) atoms. The molecule has 0 aliphatic heterocycles. The van der Waals surface area contributed by atoms with Crippen LogP contribution in [0.15, 0.2) is 18.2 Å². The number of nitrogen functional groups attached to an aromatic ring is 1. The summed E-state index contributed by atoms with van der Waals surface area (Å²) < 4.78 is 4.99. The Bertz CT molecular complexity index is 257. The molecule has 0 saturated heterocycles. The second-order valence-corrected chi connectivity index (χ2v) is 2.37. The van der Waals surface area contributed by atoms with Crippen molar-refractivity contribution >= 4 is 34.3 Å². The van der Waals surface area contributed by atoms with Crippen LogP contribution >= 0.6 is 28.6 Å². The molecule has 0 saturated carbocycles. The van der Waals surface area contributed by atoms with Crippen molar-refractivity contribution in [1.82, 2.24) is 0 Å². The highest BCUT2D eigenvalue weighted by Gasteiger charge is 2.03. The van der Waals surface area contributed by atoms with Crippen molar-refractivity contribution in [3.8, 4) is 5.75 Å². The van der Waals surface area contributed by atoms with E-state index in [1.807, 2.05) is 0 Å². The number of hydrogen-bond acceptors (Lipinski definition) is 3. The first-order valence-corrected chi connectivity index (χ1v) is 3.46. The van der Waals surface area contributed by atoms with E-state index >= 15 is 0 Å². The molecule has 0 radical (unpaired) electrons. The molecule has 0 spiro atoms. The number of hydrogen-bond donors (Lipinski definition) is 2. The van der Waals surface area contributed by atoms with Crippen molar-refractivity contribution in [1.29, 1.82) is 0 Å². The molecular weight excluding hydrogens is 243 g/mol. The molecule has 0 heterocycles. The van der Waals surface area contributed by atoms with Crippen LogP contribution in [0.2, 0.25) is 5.02 Å². The van der Waals surface area contributed by atoms with Gasteiger partial charge in [0.1, 0.15) is 0 Å². The molecule has 0 bridgehead atoms. The lowest BCUT2D eigenvalue weighted by Gasteiger charge is -2.07. The zero-order chi connectivity index (χ0) is 8.27. The van der Waals surface area contributed by atoms with E-state index in [-0.39, 0.29) is 17.0 Å². The summed E-state index contributed by atoms with van der Waals surface area (Å²) in [7, 11) is 1.54. The van der Waals surface area contributed by atoms with Crippen LogP contribution in [0.1, 0.15) is 0 Å². The molecule has 1 rings (SSSR count). The number of benzene rings is 1. The van der Waals surface area contributed by atoms with E-state index in [0.29, 0.717) is 16.5 Å². The highest BCUT2D eigenvalue weighted by atomic mass is 79.9. The number of halogens is 2. The topological polar surface area (TPSA) is 47.3 Å². The van der Waals surface area contributed by atoms with Gasteiger partial charge in [0.25, 0.3) is 0 Å². The number of nitrogens with two attached hydrogens (primary N) is 1. The maximum absolute atomic E-state index is 5.79. The summed E-state index contributed by atoms with van der Waals surface area (Å²) in [6.45, 7) is 0. The molecule has 0 atom stereocenters. The molecule has 0 amide bonds. The first-order valence-electron chi connectivity index (χ1n) is 3.08. The van der Waals surface area contributed by atoms with E-state index in [9.17, 15) is 0 Å². The summed E-state index contributed by atoms with van der Waals surface area (Å²) in [4.78, 5) is 0. The van der Waals surface area contributed by atoms with Gasteiger partial charge in [0.2, 0.25) is 0 Å². The van der Waals surface area contributed by atoms with Gasteiger partial charge in [-0.05, 0) is 12.1 Å². The third kappa shape index (κ3) is 2.27. The van der Waals surface area contributed by atoms with Crippen LogP contribution in [0, 0.1) is 0 Å². The minimum absolute atomic E-state index is 0. The number of rotatable bonds is 2. The van der Waals surface area contributed by atoms with Crippen LogP contribution in [-0.2, 0) is 0 Å². The number of para-hydroxylation sites is 1. The van der Waals surface area contributed by atoms with Crippen molar-refractivity contribution in [2.24, 2.45) is 5.84 Å². The molecule has 1 aromatic carbocycles. The Hall–Kier alpha value is -0.450. The lowest BCUT2D eigenvalue weighted by atomic mass is 10.3. The van der Waals surface area contributed by atoms with Gasteiger partial charge < -0.3 is 10.2 Å². The van der Waals surface area contributed by atoms with E-state index in [1.165, 1.54) is 0 Å². The monoisotopic (exact) mass is 252 g/mol. The highest BCUT2D eigenvalue weighted by molar-refractivity contribution is 8.93. The maximum Gasteiger partial charge on any atom is 0.161 e. The van der Waals surface area contributed by atoms with Gasteiger partial charge in [0, 0.05) is 0 Å². The average Bonchev–Trinajstić information content (AvgIpc) is 2.04. The second kappa shape index (κ2) is 5.24. The highest BCUT2D eigenvalue weighted by Crippen LogP contribution is 2.31. The normalized spacial score (nSPS) is 8.58. The minimum Gasteiger partial charge on any atom is -0.493 e.